The van der Waals surface area contributed by atoms with Crippen molar-refractivity contribution in [3.63, 3.8) is 0 Å². The quantitative estimate of drug-likeness (QED) is 0.836. The van der Waals surface area contributed by atoms with E-state index < -0.39 is 0 Å². The highest BCUT2D eigenvalue weighted by molar-refractivity contribution is 6.06. The molecule has 0 atom stereocenters. The van der Waals surface area contributed by atoms with Crippen LogP contribution < -0.4 is 14.8 Å². The summed E-state index contributed by atoms with van der Waals surface area (Å²) in [6.07, 6.45) is 0.965. The van der Waals surface area contributed by atoms with Crippen molar-refractivity contribution >= 4 is 11.6 Å². The number of benzene rings is 2. The summed E-state index contributed by atoms with van der Waals surface area (Å²) in [4.78, 5) is 12.3. The van der Waals surface area contributed by atoms with Crippen LogP contribution in [-0.2, 0) is 0 Å². The highest BCUT2D eigenvalue weighted by Gasteiger charge is 2.11. The second-order valence-corrected chi connectivity index (χ2v) is 4.76. The van der Waals surface area contributed by atoms with Gasteiger partial charge in [-0.3, -0.25) is 4.79 Å². The van der Waals surface area contributed by atoms with E-state index in [1.165, 1.54) is 0 Å². The number of para-hydroxylation sites is 1. The summed E-state index contributed by atoms with van der Waals surface area (Å²) >= 11 is 0. The minimum atomic E-state index is -0.189. The predicted molar refractivity (Wildman–Crippen MR) is 87.8 cm³/mol. The Kier molecular flexibility index (Phi) is 5.83. The fourth-order valence-corrected chi connectivity index (χ4v) is 1.99. The van der Waals surface area contributed by atoms with E-state index in [4.69, 9.17) is 9.47 Å². The molecule has 2 rings (SSSR count). The van der Waals surface area contributed by atoms with E-state index in [1.807, 2.05) is 43.3 Å². The van der Waals surface area contributed by atoms with Gasteiger partial charge in [0.05, 0.1) is 18.8 Å². The van der Waals surface area contributed by atoms with Crippen LogP contribution in [0.4, 0.5) is 5.69 Å². The lowest BCUT2D eigenvalue weighted by molar-refractivity contribution is 0.102. The van der Waals surface area contributed by atoms with Crippen molar-refractivity contribution in [2.45, 2.75) is 20.3 Å². The molecule has 0 bridgehead atoms. The van der Waals surface area contributed by atoms with Gasteiger partial charge in [-0.15, -0.1) is 0 Å². The first-order valence-electron chi connectivity index (χ1n) is 7.50. The maximum atomic E-state index is 12.3. The smallest absolute Gasteiger partial charge is 0.259 e. The van der Waals surface area contributed by atoms with Crippen LogP contribution in [0.1, 0.15) is 30.6 Å². The van der Waals surface area contributed by atoms with E-state index >= 15 is 0 Å². The van der Waals surface area contributed by atoms with E-state index in [-0.39, 0.29) is 5.91 Å². The van der Waals surface area contributed by atoms with E-state index in [9.17, 15) is 4.79 Å². The molecule has 0 unspecified atom stereocenters. The first-order valence-corrected chi connectivity index (χ1v) is 7.50. The van der Waals surface area contributed by atoms with Crippen molar-refractivity contribution in [3.8, 4) is 11.5 Å². The van der Waals surface area contributed by atoms with Gasteiger partial charge in [0.2, 0.25) is 0 Å². The lowest BCUT2D eigenvalue weighted by Crippen LogP contribution is -2.13. The number of nitrogens with one attached hydrogen (secondary N) is 1. The summed E-state index contributed by atoms with van der Waals surface area (Å²) in [5.74, 6) is 1.20. The Hall–Kier alpha value is -2.49. The second kappa shape index (κ2) is 8.08. The first-order chi connectivity index (χ1) is 10.7. The zero-order chi connectivity index (χ0) is 15.8. The van der Waals surface area contributed by atoms with Gasteiger partial charge in [-0.1, -0.05) is 19.1 Å². The second-order valence-electron chi connectivity index (χ2n) is 4.76. The minimum absolute atomic E-state index is 0.189. The van der Waals surface area contributed by atoms with Crippen molar-refractivity contribution in [3.05, 3.63) is 54.1 Å². The number of rotatable bonds is 7. The van der Waals surface area contributed by atoms with E-state index in [0.29, 0.717) is 24.5 Å². The van der Waals surface area contributed by atoms with Crippen LogP contribution in [0, 0.1) is 0 Å². The molecule has 2 aromatic carbocycles. The maximum Gasteiger partial charge on any atom is 0.259 e. The van der Waals surface area contributed by atoms with E-state index in [0.717, 1.165) is 17.9 Å². The molecule has 2 aromatic rings. The third-order valence-electron chi connectivity index (χ3n) is 3.02. The molecule has 0 aromatic heterocycles. The highest BCUT2D eigenvalue weighted by Crippen LogP contribution is 2.21. The number of carbonyl (C=O) groups is 1. The zero-order valence-corrected chi connectivity index (χ0v) is 13.0. The van der Waals surface area contributed by atoms with Gasteiger partial charge in [-0.05, 0) is 49.7 Å². The standard InChI is InChI=1S/C18H21NO3/c1-3-13-22-15-11-9-14(10-12-15)19-18(20)16-7-5-6-8-17(16)21-4-2/h5-12H,3-4,13H2,1-2H3,(H,19,20). The summed E-state index contributed by atoms with van der Waals surface area (Å²) in [6, 6.07) is 14.6. The Morgan fingerprint density at radius 1 is 1.00 bits per heavy atom. The molecule has 116 valence electrons. The highest BCUT2D eigenvalue weighted by atomic mass is 16.5. The van der Waals surface area contributed by atoms with Crippen LogP contribution in [0.15, 0.2) is 48.5 Å². The Morgan fingerprint density at radius 3 is 2.41 bits per heavy atom. The van der Waals surface area contributed by atoms with Gasteiger partial charge in [-0.2, -0.15) is 0 Å². The minimum Gasteiger partial charge on any atom is -0.494 e. The molecule has 0 radical (unpaired) electrons. The lowest BCUT2D eigenvalue weighted by atomic mass is 10.2. The van der Waals surface area contributed by atoms with Crippen LogP contribution in [-0.4, -0.2) is 19.1 Å². The molecular weight excluding hydrogens is 278 g/mol. The Bertz CT molecular complexity index is 608. The Balaban J connectivity index is 2.05. The van der Waals surface area contributed by atoms with Gasteiger partial charge < -0.3 is 14.8 Å². The number of ether oxygens (including phenoxy) is 2. The van der Waals surface area contributed by atoms with Crippen LogP contribution in [0.5, 0.6) is 11.5 Å². The summed E-state index contributed by atoms with van der Waals surface area (Å²) in [5.41, 5.74) is 1.25. The third kappa shape index (κ3) is 4.25. The molecule has 0 saturated carbocycles. The summed E-state index contributed by atoms with van der Waals surface area (Å²) < 4.78 is 11.0. The van der Waals surface area contributed by atoms with Gasteiger partial charge >= 0.3 is 0 Å². The Labute approximate surface area is 131 Å². The zero-order valence-electron chi connectivity index (χ0n) is 13.0. The number of hydrogen-bond donors (Lipinski definition) is 1. The fraction of sp³-hybridized carbons (Fsp3) is 0.278. The molecule has 4 nitrogen and oxygen atoms in total. The summed E-state index contributed by atoms with van der Waals surface area (Å²) in [6.45, 7) is 5.16. The monoisotopic (exact) mass is 299 g/mol. The van der Waals surface area contributed by atoms with Gasteiger partial charge in [0, 0.05) is 5.69 Å². The SMILES string of the molecule is CCCOc1ccc(NC(=O)c2ccccc2OCC)cc1. The molecular formula is C18H21NO3. The van der Waals surface area contributed by atoms with Gasteiger partial charge in [-0.25, -0.2) is 0 Å². The predicted octanol–water partition coefficient (Wildman–Crippen LogP) is 4.13. The van der Waals surface area contributed by atoms with Crippen molar-refractivity contribution < 1.29 is 14.3 Å². The molecule has 4 heteroatoms. The summed E-state index contributed by atoms with van der Waals surface area (Å²) in [5, 5.41) is 2.87. The molecule has 0 spiro atoms. The van der Waals surface area contributed by atoms with Crippen LogP contribution in [0.3, 0.4) is 0 Å². The molecule has 1 N–H and O–H groups in total. The van der Waals surface area contributed by atoms with Crippen molar-refractivity contribution in [1.29, 1.82) is 0 Å². The van der Waals surface area contributed by atoms with Gasteiger partial charge in [0.15, 0.2) is 0 Å². The fourth-order valence-electron chi connectivity index (χ4n) is 1.99. The first kappa shape index (κ1) is 15.9. The van der Waals surface area contributed by atoms with Crippen LogP contribution in [0.2, 0.25) is 0 Å². The Morgan fingerprint density at radius 2 is 1.73 bits per heavy atom. The molecule has 0 fully saturated rings. The summed E-state index contributed by atoms with van der Waals surface area (Å²) in [7, 11) is 0. The molecule has 0 aliphatic carbocycles. The van der Waals surface area contributed by atoms with Crippen molar-refractivity contribution in [2.24, 2.45) is 0 Å². The van der Waals surface area contributed by atoms with Crippen LogP contribution >= 0.6 is 0 Å². The third-order valence-corrected chi connectivity index (χ3v) is 3.02. The molecule has 1 amide bonds. The van der Waals surface area contributed by atoms with Crippen molar-refractivity contribution in [2.75, 3.05) is 18.5 Å². The maximum absolute atomic E-state index is 12.3. The van der Waals surface area contributed by atoms with E-state index in [1.54, 1.807) is 12.1 Å². The topological polar surface area (TPSA) is 47.6 Å². The molecule has 22 heavy (non-hydrogen) atoms. The van der Waals surface area contributed by atoms with Crippen LogP contribution in [0.25, 0.3) is 0 Å². The largest absolute Gasteiger partial charge is 0.494 e. The number of hydrogen-bond acceptors (Lipinski definition) is 3. The van der Waals surface area contributed by atoms with E-state index in [2.05, 4.69) is 12.2 Å². The molecule has 0 saturated heterocycles. The number of carbonyl (C=O) groups excluding carboxylic acids is 1. The number of amides is 1. The lowest BCUT2D eigenvalue weighted by Gasteiger charge is -2.11. The number of anilines is 1. The molecule has 0 heterocycles. The molecule has 0 aliphatic rings. The van der Waals surface area contributed by atoms with Crippen molar-refractivity contribution in [1.82, 2.24) is 0 Å². The van der Waals surface area contributed by atoms with Gasteiger partial charge in [0.1, 0.15) is 11.5 Å². The average molecular weight is 299 g/mol. The van der Waals surface area contributed by atoms with Gasteiger partial charge in [0.25, 0.3) is 5.91 Å². The normalized spacial score (nSPS) is 10.1. The molecule has 0 aliphatic heterocycles. The average Bonchev–Trinajstić information content (AvgIpc) is 2.55.